The van der Waals surface area contributed by atoms with Crippen molar-refractivity contribution in [3.8, 4) is 0 Å². The molecule has 4 atom stereocenters. The Labute approximate surface area is 170 Å². The van der Waals surface area contributed by atoms with Gasteiger partial charge >= 0.3 is 0 Å². The van der Waals surface area contributed by atoms with Gasteiger partial charge in [0.1, 0.15) is 5.60 Å². The Morgan fingerprint density at radius 3 is 2.83 bits per heavy atom. The van der Waals surface area contributed by atoms with Crippen LogP contribution in [0.3, 0.4) is 0 Å². The van der Waals surface area contributed by atoms with E-state index in [0.29, 0.717) is 30.3 Å². The maximum atomic E-state index is 13.1. The first-order valence-corrected chi connectivity index (χ1v) is 10.0. The lowest BCUT2D eigenvalue weighted by molar-refractivity contribution is -0.134. The van der Waals surface area contributed by atoms with Crippen LogP contribution in [0, 0.1) is 24.7 Å². The number of hydrogen-bond acceptors (Lipinski definition) is 4. The third-order valence-corrected chi connectivity index (χ3v) is 6.02. The van der Waals surface area contributed by atoms with Crippen LogP contribution < -0.4 is 10.6 Å². The van der Waals surface area contributed by atoms with E-state index < -0.39 is 23.5 Å². The summed E-state index contributed by atoms with van der Waals surface area (Å²) in [4.78, 5) is 39.8. The second-order valence-corrected chi connectivity index (χ2v) is 8.72. The van der Waals surface area contributed by atoms with E-state index in [1.165, 1.54) is 0 Å². The van der Waals surface area contributed by atoms with Gasteiger partial charge in [0.2, 0.25) is 11.8 Å². The Kier molecular flexibility index (Phi) is 4.73. The molecule has 1 spiro atoms. The molecule has 0 aliphatic carbocycles. The molecule has 0 saturated carbocycles. The van der Waals surface area contributed by atoms with Crippen molar-refractivity contribution >= 4 is 23.4 Å². The molecule has 154 valence electrons. The molecule has 3 heterocycles. The van der Waals surface area contributed by atoms with E-state index in [2.05, 4.69) is 10.6 Å². The van der Waals surface area contributed by atoms with Crippen molar-refractivity contribution in [1.82, 2.24) is 10.2 Å². The second kappa shape index (κ2) is 6.99. The number of rotatable bonds is 5. The number of likely N-dealkylation sites (tertiary alicyclic amines) is 1. The molecule has 7 heteroatoms. The minimum absolute atomic E-state index is 0.0597. The average Bonchev–Trinajstić information content (AvgIpc) is 3.29. The van der Waals surface area contributed by atoms with E-state index in [1.54, 1.807) is 24.1 Å². The van der Waals surface area contributed by atoms with Gasteiger partial charge in [-0.1, -0.05) is 32.1 Å². The summed E-state index contributed by atoms with van der Waals surface area (Å²) in [6.07, 6.45) is 3.42. The number of benzene rings is 1. The molecule has 29 heavy (non-hydrogen) atoms. The van der Waals surface area contributed by atoms with Crippen LogP contribution in [-0.2, 0) is 14.3 Å². The van der Waals surface area contributed by atoms with Crippen LogP contribution in [0.25, 0.3) is 0 Å². The molecule has 0 aromatic heterocycles. The van der Waals surface area contributed by atoms with Gasteiger partial charge in [-0.05, 0) is 30.5 Å². The summed E-state index contributed by atoms with van der Waals surface area (Å²) in [5, 5.41) is 5.82. The third-order valence-electron chi connectivity index (χ3n) is 6.02. The molecule has 2 N–H and O–H groups in total. The number of nitrogens with one attached hydrogen (secondary N) is 2. The fourth-order valence-corrected chi connectivity index (χ4v) is 4.50. The fraction of sp³-hybridized carbons (Fsp3) is 0.500. The lowest BCUT2D eigenvalue weighted by Crippen LogP contribution is -2.41. The maximum Gasteiger partial charge on any atom is 0.251 e. The van der Waals surface area contributed by atoms with Crippen molar-refractivity contribution in [1.29, 1.82) is 0 Å². The van der Waals surface area contributed by atoms with Gasteiger partial charge in [-0.2, -0.15) is 0 Å². The quantitative estimate of drug-likeness (QED) is 0.741. The van der Waals surface area contributed by atoms with Gasteiger partial charge in [0.15, 0.2) is 0 Å². The minimum atomic E-state index is -0.688. The maximum absolute atomic E-state index is 13.1. The average molecular weight is 397 g/mol. The number of aryl methyl sites for hydroxylation is 1. The molecule has 1 aromatic carbocycles. The zero-order valence-electron chi connectivity index (χ0n) is 17.2. The highest BCUT2D eigenvalue weighted by Gasteiger charge is 2.66. The topological polar surface area (TPSA) is 87.7 Å². The summed E-state index contributed by atoms with van der Waals surface area (Å²) in [5.41, 5.74) is 1.23. The fourth-order valence-electron chi connectivity index (χ4n) is 4.50. The molecule has 2 saturated heterocycles. The molecule has 2 fully saturated rings. The Morgan fingerprint density at radius 2 is 2.10 bits per heavy atom. The Morgan fingerprint density at radius 1 is 1.34 bits per heavy atom. The van der Waals surface area contributed by atoms with Crippen LogP contribution in [0.2, 0.25) is 0 Å². The standard InChI is InChI=1S/C22H27N3O4/c1-12(2)10-23-19(26)14-6-5-13(3)15(9-14)24-20(27)17-16-7-8-22(29-16)11-25(4)21(28)18(17)22/h5-9,12,16-18H,10-11H2,1-4H3,(H,23,26)(H,24,27)/t16-,17-,18+,22-/m0/s1. The number of fused-ring (bicyclic) bond motifs is 1. The number of ether oxygens (including phenoxy) is 1. The van der Waals surface area contributed by atoms with Crippen LogP contribution >= 0.6 is 0 Å². The number of hydrogen-bond donors (Lipinski definition) is 2. The highest BCUT2D eigenvalue weighted by atomic mass is 16.5. The van der Waals surface area contributed by atoms with Gasteiger partial charge in [-0.15, -0.1) is 0 Å². The van der Waals surface area contributed by atoms with Crippen molar-refractivity contribution in [3.63, 3.8) is 0 Å². The molecule has 2 bridgehead atoms. The normalized spacial score (nSPS) is 29.5. The second-order valence-electron chi connectivity index (χ2n) is 8.72. The summed E-state index contributed by atoms with van der Waals surface area (Å²) in [6, 6.07) is 5.24. The van der Waals surface area contributed by atoms with Crippen LogP contribution in [0.1, 0.15) is 29.8 Å². The smallest absolute Gasteiger partial charge is 0.251 e. The predicted molar refractivity (Wildman–Crippen MR) is 108 cm³/mol. The van der Waals surface area contributed by atoms with Gasteiger partial charge < -0.3 is 20.3 Å². The number of nitrogens with zero attached hydrogens (tertiary/aromatic N) is 1. The van der Waals surface area contributed by atoms with Crippen molar-refractivity contribution in [2.24, 2.45) is 17.8 Å². The third kappa shape index (κ3) is 3.23. The summed E-state index contributed by atoms with van der Waals surface area (Å²) >= 11 is 0. The molecular weight excluding hydrogens is 370 g/mol. The Hall–Kier alpha value is -2.67. The van der Waals surface area contributed by atoms with Crippen LogP contribution in [-0.4, -0.2) is 54.5 Å². The lowest BCUT2D eigenvalue weighted by atomic mass is 9.76. The van der Waals surface area contributed by atoms with Gasteiger partial charge in [0.25, 0.3) is 5.91 Å². The Bertz CT molecular complexity index is 909. The van der Waals surface area contributed by atoms with Gasteiger partial charge in [0.05, 0.1) is 24.5 Å². The summed E-state index contributed by atoms with van der Waals surface area (Å²) < 4.78 is 6.04. The zero-order valence-corrected chi connectivity index (χ0v) is 17.2. The lowest BCUT2D eigenvalue weighted by Gasteiger charge is -2.24. The minimum Gasteiger partial charge on any atom is -0.360 e. The first kappa shape index (κ1) is 19.6. The van der Waals surface area contributed by atoms with Crippen LogP contribution in [0.5, 0.6) is 0 Å². The summed E-state index contributed by atoms with van der Waals surface area (Å²) in [5.74, 6) is -1.21. The van der Waals surface area contributed by atoms with Gasteiger partial charge in [-0.3, -0.25) is 14.4 Å². The number of carbonyl (C=O) groups excluding carboxylic acids is 3. The zero-order chi connectivity index (χ0) is 20.9. The number of amides is 3. The van der Waals surface area contributed by atoms with Crippen molar-refractivity contribution in [2.75, 3.05) is 25.5 Å². The SMILES string of the molecule is Cc1ccc(C(=O)NCC(C)C)cc1NC(=O)[C@H]1[C@@H]2C=C[C@@]3(CN(C)C(=O)[C@@H]13)O2. The number of anilines is 1. The molecule has 4 rings (SSSR count). The monoisotopic (exact) mass is 397 g/mol. The van der Waals surface area contributed by atoms with Crippen molar-refractivity contribution in [3.05, 3.63) is 41.5 Å². The molecule has 7 nitrogen and oxygen atoms in total. The summed E-state index contributed by atoms with van der Waals surface area (Å²) in [6.45, 7) is 6.99. The van der Waals surface area contributed by atoms with E-state index in [-0.39, 0.29) is 17.7 Å². The van der Waals surface area contributed by atoms with Crippen molar-refractivity contribution in [2.45, 2.75) is 32.5 Å². The molecule has 3 amide bonds. The largest absolute Gasteiger partial charge is 0.360 e. The molecule has 0 radical (unpaired) electrons. The number of carbonyl (C=O) groups is 3. The van der Waals surface area contributed by atoms with Gasteiger partial charge in [0, 0.05) is 24.8 Å². The van der Waals surface area contributed by atoms with E-state index in [9.17, 15) is 14.4 Å². The van der Waals surface area contributed by atoms with E-state index >= 15 is 0 Å². The first-order chi connectivity index (χ1) is 13.7. The molecule has 3 aliphatic heterocycles. The van der Waals surface area contributed by atoms with Crippen LogP contribution in [0.15, 0.2) is 30.4 Å². The summed E-state index contributed by atoms with van der Waals surface area (Å²) in [7, 11) is 1.73. The molecule has 1 aromatic rings. The van der Waals surface area contributed by atoms with Crippen LogP contribution in [0.4, 0.5) is 5.69 Å². The Balaban J connectivity index is 1.53. The molecule has 0 unspecified atom stereocenters. The molecule has 3 aliphatic rings. The van der Waals surface area contributed by atoms with Crippen molar-refractivity contribution < 1.29 is 19.1 Å². The van der Waals surface area contributed by atoms with E-state index in [0.717, 1.165) is 5.56 Å². The highest BCUT2D eigenvalue weighted by molar-refractivity contribution is 6.01. The van der Waals surface area contributed by atoms with E-state index in [1.807, 2.05) is 39.0 Å². The number of likely N-dealkylation sites (N-methyl/N-ethyl adjacent to an activating group) is 1. The highest BCUT2D eigenvalue weighted by Crippen LogP contribution is 2.51. The predicted octanol–water partition coefficient (Wildman–Crippen LogP) is 1.73. The first-order valence-electron chi connectivity index (χ1n) is 10.0. The molecular formula is C22H27N3O4. The van der Waals surface area contributed by atoms with E-state index in [4.69, 9.17) is 4.74 Å². The van der Waals surface area contributed by atoms with Gasteiger partial charge in [-0.25, -0.2) is 0 Å².